The first-order chi connectivity index (χ1) is 9.82. The maximum atomic E-state index is 5.89. The summed E-state index contributed by atoms with van der Waals surface area (Å²) < 4.78 is 1.96. The first-order valence-electron chi connectivity index (χ1n) is 6.57. The molecule has 1 aliphatic heterocycles. The minimum absolute atomic E-state index is 0.0947. The van der Waals surface area contributed by atoms with Gasteiger partial charge in [0.1, 0.15) is 12.0 Å². The lowest BCUT2D eigenvalue weighted by molar-refractivity contribution is 0.165. The van der Waals surface area contributed by atoms with Gasteiger partial charge in [0.25, 0.3) is 0 Å². The molecule has 0 amide bonds. The van der Waals surface area contributed by atoms with Crippen LogP contribution in [0.25, 0.3) is 22.3 Å². The molecule has 4 N–H and O–H groups in total. The second-order valence-corrected chi connectivity index (χ2v) is 5.17. The Balaban J connectivity index is 1.80. The second-order valence-electron chi connectivity index (χ2n) is 5.17. The van der Waals surface area contributed by atoms with Crippen molar-refractivity contribution in [2.24, 2.45) is 5.73 Å². The average molecular weight is 269 g/mol. The summed E-state index contributed by atoms with van der Waals surface area (Å²) in [5.74, 6) is 0. The van der Waals surface area contributed by atoms with E-state index in [0.29, 0.717) is 6.54 Å². The fourth-order valence-electron chi connectivity index (χ4n) is 2.62. The topological polar surface area (TPSA) is 97.4 Å². The van der Waals surface area contributed by atoms with Gasteiger partial charge in [0.05, 0.1) is 17.4 Å². The molecule has 0 bridgehead atoms. The molecule has 3 aromatic heterocycles. The van der Waals surface area contributed by atoms with Crippen molar-refractivity contribution in [2.75, 3.05) is 19.6 Å². The first-order valence-corrected chi connectivity index (χ1v) is 6.57. The highest BCUT2D eigenvalue weighted by Gasteiger charge is 2.38. The molecule has 0 radical (unpaired) electrons. The van der Waals surface area contributed by atoms with Crippen LogP contribution < -0.4 is 11.1 Å². The number of hydrogen-bond acceptors (Lipinski definition) is 5. The Labute approximate surface area is 115 Å². The van der Waals surface area contributed by atoms with Gasteiger partial charge in [0, 0.05) is 43.0 Å². The number of nitrogens with two attached hydrogens (primary N) is 1. The lowest BCUT2D eigenvalue weighted by Crippen LogP contribution is -2.64. The largest absolute Gasteiger partial charge is 0.346 e. The van der Waals surface area contributed by atoms with Gasteiger partial charge in [-0.25, -0.2) is 9.97 Å². The fraction of sp³-hybridized carbons (Fsp3) is 0.308. The Morgan fingerprint density at radius 1 is 1.35 bits per heavy atom. The van der Waals surface area contributed by atoms with E-state index < -0.39 is 0 Å². The minimum Gasteiger partial charge on any atom is -0.346 e. The van der Waals surface area contributed by atoms with Gasteiger partial charge < -0.3 is 16.0 Å². The number of fused-ring (bicyclic) bond motifs is 1. The van der Waals surface area contributed by atoms with E-state index in [1.807, 2.05) is 29.3 Å². The van der Waals surface area contributed by atoms with E-state index in [2.05, 4.69) is 25.4 Å². The summed E-state index contributed by atoms with van der Waals surface area (Å²) in [4.78, 5) is 11.7. The zero-order valence-electron chi connectivity index (χ0n) is 10.9. The van der Waals surface area contributed by atoms with Gasteiger partial charge in [-0.2, -0.15) is 5.10 Å². The van der Waals surface area contributed by atoms with E-state index in [0.717, 1.165) is 35.4 Å². The molecule has 1 aliphatic rings. The third-order valence-electron chi connectivity index (χ3n) is 3.98. The van der Waals surface area contributed by atoms with Crippen LogP contribution >= 0.6 is 0 Å². The van der Waals surface area contributed by atoms with E-state index in [9.17, 15) is 0 Å². The molecule has 20 heavy (non-hydrogen) atoms. The monoisotopic (exact) mass is 269 g/mol. The van der Waals surface area contributed by atoms with Gasteiger partial charge in [-0.15, -0.1) is 0 Å². The Kier molecular flexibility index (Phi) is 2.38. The van der Waals surface area contributed by atoms with Crippen molar-refractivity contribution in [2.45, 2.75) is 5.54 Å². The SMILES string of the molecule is NCC1(n2cc(-c3ncnc4[nH]ccc34)cn2)CNC1. The molecule has 4 heterocycles. The van der Waals surface area contributed by atoms with Crippen molar-refractivity contribution in [1.29, 1.82) is 0 Å². The quantitative estimate of drug-likeness (QED) is 0.625. The van der Waals surface area contributed by atoms with Crippen molar-refractivity contribution >= 4 is 11.0 Å². The summed E-state index contributed by atoms with van der Waals surface area (Å²) in [7, 11) is 0. The molecule has 0 unspecified atom stereocenters. The molecule has 102 valence electrons. The van der Waals surface area contributed by atoms with Gasteiger partial charge in [0.15, 0.2) is 0 Å². The first kappa shape index (κ1) is 11.6. The van der Waals surface area contributed by atoms with Crippen LogP contribution in [0.4, 0.5) is 0 Å². The summed E-state index contributed by atoms with van der Waals surface area (Å²) in [5.41, 5.74) is 8.51. The Hall–Kier alpha value is -2.25. The van der Waals surface area contributed by atoms with Crippen LogP contribution in [0.2, 0.25) is 0 Å². The average Bonchev–Trinajstić information content (AvgIpc) is 3.06. The summed E-state index contributed by atoms with van der Waals surface area (Å²) in [6.45, 7) is 2.28. The van der Waals surface area contributed by atoms with Crippen molar-refractivity contribution in [3.05, 3.63) is 31.0 Å². The van der Waals surface area contributed by atoms with Gasteiger partial charge in [-0.05, 0) is 6.07 Å². The second kappa shape index (κ2) is 4.12. The number of nitrogens with one attached hydrogen (secondary N) is 2. The summed E-state index contributed by atoms with van der Waals surface area (Å²) in [6, 6.07) is 1.98. The van der Waals surface area contributed by atoms with E-state index >= 15 is 0 Å². The van der Waals surface area contributed by atoms with Crippen molar-refractivity contribution in [1.82, 2.24) is 30.0 Å². The highest BCUT2D eigenvalue weighted by atomic mass is 15.4. The van der Waals surface area contributed by atoms with Gasteiger partial charge >= 0.3 is 0 Å². The molecule has 4 rings (SSSR count). The molecule has 3 aromatic rings. The number of nitrogens with zero attached hydrogens (tertiary/aromatic N) is 4. The maximum Gasteiger partial charge on any atom is 0.141 e. The van der Waals surface area contributed by atoms with Crippen molar-refractivity contribution in [3.63, 3.8) is 0 Å². The predicted octanol–water partition coefficient (Wildman–Crippen LogP) is 0.0786. The Morgan fingerprint density at radius 3 is 3.00 bits per heavy atom. The molecule has 0 atom stereocenters. The molecule has 1 fully saturated rings. The molecule has 0 saturated carbocycles. The molecular formula is C13H15N7. The zero-order valence-corrected chi connectivity index (χ0v) is 10.9. The van der Waals surface area contributed by atoms with Gasteiger partial charge in [-0.3, -0.25) is 4.68 Å². The van der Waals surface area contributed by atoms with E-state index in [1.54, 1.807) is 6.33 Å². The molecule has 0 spiro atoms. The van der Waals surface area contributed by atoms with Crippen LogP contribution in [0.15, 0.2) is 31.0 Å². The van der Waals surface area contributed by atoms with Crippen LogP contribution in [-0.4, -0.2) is 44.4 Å². The molecule has 7 heteroatoms. The molecule has 1 saturated heterocycles. The minimum atomic E-state index is -0.0947. The standard InChI is InChI=1S/C13H15N7/c14-5-13(6-15-7-13)20-4-9(3-19-20)11-10-1-2-16-12(10)18-8-17-11/h1-4,8,15H,5-7,14H2,(H,16,17,18). The van der Waals surface area contributed by atoms with Crippen molar-refractivity contribution in [3.8, 4) is 11.3 Å². The number of aromatic nitrogens is 5. The number of rotatable bonds is 3. The number of aromatic amines is 1. The summed E-state index contributed by atoms with van der Waals surface area (Å²) in [5, 5.41) is 8.73. The highest BCUT2D eigenvalue weighted by Crippen LogP contribution is 2.27. The van der Waals surface area contributed by atoms with Crippen LogP contribution in [0.1, 0.15) is 0 Å². The Bertz CT molecular complexity index is 747. The fourth-order valence-corrected chi connectivity index (χ4v) is 2.62. The van der Waals surface area contributed by atoms with Crippen LogP contribution in [0.5, 0.6) is 0 Å². The van der Waals surface area contributed by atoms with Gasteiger partial charge in [0.2, 0.25) is 0 Å². The molecule has 7 nitrogen and oxygen atoms in total. The number of H-pyrrole nitrogens is 1. The Morgan fingerprint density at radius 2 is 2.25 bits per heavy atom. The molecule has 0 aromatic carbocycles. The summed E-state index contributed by atoms with van der Waals surface area (Å²) >= 11 is 0. The smallest absolute Gasteiger partial charge is 0.141 e. The normalized spacial score (nSPS) is 17.2. The van der Waals surface area contributed by atoms with Crippen LogP contribution in [-0.2, 0) is 5.54 Å². The van der Waals surface area contributed by atoms with E-state index in [4.69, 9.17) is 5.73 Å². The third kappa shape index (κ3) is 1.50. The van der Waals surface area contributed by atoms with Gasteiger partial charge in [-0.1, -0.05) is 0 Å². The van der Waals surface area contributed by atoms with Crippen LogP contribution in [0.3, 0.4) is 0 Å². The predicted molar refractivity (Wildman–Crippen MR) is 75.0 cm³/mol. The lowest BCUT2D eigenvalue weighted by Gasteiger charge is -2.41. The lowest BCUT2D eigenvalue weighted by atomic mass is 9.93. The van der Waals surface area contributed by atoms with E-state index in [1.165, 1.54) is 0 Å². The third-order valence-corrected chi connectivity index (χ3v) is 3.98. The maximum absolute atomic E-state index is 5.89. The van der Waals surface area contributed by atoms with Crippen LogP contribution in [0, 0.1) is 0 Å². The highest BCUT2D eigenvalue weighted by molar-refractivity contribution is 5.89. The van der Waals surface area contributed by atoms with Crippen molar-refractivity contribution < 1.29 is 0 Å². The van der Waals surface area contributed by atoms with E-state index in [-0.39, 0.29) is 5.54 Å². The molecular weight excluding hydrogens is 254 g/mol. The zero-order chi connectivity index (χ0) is 13.6. The molecule has 0 aliphatic carbocycles. The number of hydrogen-bond donors (Lipinski definition) is 3. The summed E-state index contributed by atoms with van der Waals surface area (Å²) in [6.07, 6.45) is 7.28.